The Kier molecular flexibility index (Phi) is 5.64. The van der Waals surface area contributed by atoms with E-state index in [4.69, 9.17) is 5.11 Å². The van der Waals surface area contributed by atoms with Crippen molar-refractivity contribution in [1.82, 2.24) is 0 Å². The number of nitrogens with zero attached hydrogens (tertiary/aromatic N) is 1. The van der Waals surface area contributed by atoms with Crippen molar-refractivity contribution in [2.75, 3.05) is 5.43 Å². The molecule has 2 aromatic rings. The number of carbonyl (C=O) groups is 1. The van der Waals surface area contributed by atoms with Gasteiger partial charge in [0, 0.05) is 11.1 Å². The van der Waals surface area contributed by atoms with E-state index in [1.165, 1.54) is 12.1 Å². The van der Waals surface area contributed by atoms with Gasteiger partial charge in [0.1, 0.15) is 5.75 Å². The monoisotopic (exact) mass is 368 g/mol. The Morgan fingerprint density at radius 3 is 1.85 bits per heavy atom. The summed E-state index contributed by atoms with van der Waals surface area (Å²) in [6.45, 7) is 12.4. The Labute approximate surface area is 160 Å². The number of aromatic carboxylic acids is 1. The van der Waals surface area contributed by atoms with Gasteiger partial charge >= 0.3 is 5.97 Å². The van der Waals surface area contributed by atoms with Gasteiger partial charge in [-0.3, -0.25) is 5.43 Å². The maximum absolute atomic E-state index is 10.9. The first-order valence-corrected chi connectivity index (χ1v) is 8.90. The predicted octanol–water partition coefficient (Wildman–Crippen LogP) is 5.13. The zero-order valence-electron chi connectivity index (χ0n) is 16.8. The van der Waals surface area contributed by atoms with Gasteiger partial charge in [-0.25, -0.2) is 4.79 Å². The predicted molar refractivity (Wildman–Crippen MR) is 110 cm³/mol. The molecule has 0 amide bonds. The van der Waals surface area contributed by atoms with Crippen LogP contribution in [0.15, 0.2) is 41.5 Å². The fourth-order valence-corrected chi connectivity index (χ4v) is 2.74. The molecule has 0 saturated carbocycles. The van der Waals surface area contributed by atoms with Crippen molar-refractivity contribution in [2.24, 2.45) is 5.10 Å². The van der Waals surface area contributed by atoms with E-state index in [0.717, 1.165) is 16.7 Å². The number of benzene rings is 2. The van der Waals surface area contributed by atoms with Gasteiger partial charge in [-0.1, -0.05) is 41.5 Å². The second-order valence-corrected chi connectivity index (χ2v) is 8.72. The largest absolute Gasteiger partial charge is 0.507 e. The molecule has 0 spiro atoms. The Morgan fingerprint density at radius 1 is 0.963 bits per heavy atom. The van der Waals surface area contributed by atoms with Crippen LogP contribution in [0.1, 0.15) is 68.6 Å². The number of hydrazone groups is 1. The molecule has 0 saturated heterocycles. The van der Waals surface area contributed by atoms with Crippen LogP contribution in [0.5, 0.6) is 5.75 Å². The van der Waals surface area contributed by atoms with Crippen LogP contribution in [0.3, 0.4) is 0 Å². The SMILES string of the molecule is CC(C)(C)c1cc(/C=N/Nc2ccc(C(=O)O)cc2)cc(C(C)(C)C)c1O. The van der Waals surface area contributed by atoms with Gasteiger partial charge < -0.3 is 10.2 Å². The lowest BCUT2D eigenvalue weighted by molar-refractivity contribution is 0.0697. The molecule has 0 aliphatic carbocycles. The van der Waals surface area contributed by atoms with E-state index >= 15 is 0 Å². The second kappa shape index (κ2) is 7.43. The lowest BCUT2D eigenvalue weighted by atomic mass is 9.78. The molecule has 5 heteroatoms. The van der Waals surface area contributed by atoms with Gasteiger partial charge in [0.2, 0.25) is 0 Å². The van der Waals surface area contributed by atoms with E-state index in [1.807, 2.05) is 12.1 Å². The van der Waals surface area contributed by atoms with E-state index in [2.05, 4.69) is 52.1 Å². The molecule has 0 aromatic heterocycles. The van der Waals surface area contributed by atoms with Crippen molar-refractivity contribution in [3.05, 3.63) is 58.7 Å². The molecule has 0 aliphatic rings. The fourth-order valence-electron chi connectivity index (χ4n) is 2.74. The summed E-state index contributed by atoms with van der Waals surface area (Å²) in [4.78, 5) is 10.9. The fraction of sp³-hybridized carbons (Fsp3) is 0.364. The number of hydrogen-bond acceptors (Lipinski definition) is 4. The van der Waals surface area contributed by atoms with E-state index in [1.54, 1.807) is 18.3 Å². The van der Waals surface area contributed by atoms with Gasteiger partial charge in [0.15, 0.2) is 0 Å². The third kappa shape index (κ3) is 5.09. The van der Waals surface area contributed by atoms with Crippen LogP contribution in [-0.2, 0) is 10.8 Å². The normalized spacial score (nSPS) is 12.4. The summed E-state index contributed by atoms with van der Waals surface area (Å²) < 4.78 is 0. The minimum atomic E-state index is -0.960. The highest BCUT2D eigenvalue weighted by Gasteiger charge is 2.26. The highest BCUT2D eigenvalue weighted by Crippen LogP contribution is 2.39. The van der Waals surface area contributed by atoms with Crippen LogP contribution in [0, 0.1) is 0 Å². The molecule has 27 heavy (non-hydrogen) atoms. The van der Waals surface area contributed by atoms with Crippen molar-refractivity contribution in [1.29, 1.82) is 0 Å². The number of anilines is 1. The number of aromatic hydroxyl groups is 1. The van der Waals surface area contributed by atoms with Gasteiger partial charge in [-0.05, 0) is 52.8 Å². The van der Waals surface area contributed by atoms with Crippen LogP contribution in [0.2, 0.25) is 0 Å². The van der Waals surface area contributed by atoms with Crippen LogP contribution in [-0.4, -0.2) is 22.4 Å². The van der Waals surface area contributed by atoms with Crippen LogP contribution < -0.4 is 5.43 Å². The van der Waals surface area contributed by atoms with E-state index in [0.29, 0.717) is 11.4 Å². The number of rotatable bonds is 4. The van der Waals surface area contributed by atoms with Crippen molar-refractivity contribution < 1.29 is 15.0 Å². The molecule has 2 rings (SSSR count). The third-order valence-electron chi connectivity index (χ3n) is 4.29. The summed E-state index contributed by atoms with van der Waals surface area (Å²) in [5.74, 6) is -0.622. The molecule has 0 unspecified atom stereocenters. The standard InChI is InChI=1S/C22H28N2O3/c1-21(2,3)17-11-14(12-18(19(17)25)22(4,5)6)13-23-24-16-9-7-15(8-10-16)20(26)27/h7-13,24-25H,1-6H3,(H,26,27)/b23-13+. The zero-order valence-corrected chi connectivity index (χ0v) is 16.8. The number of carboxylic acid groups (broad SMARTS) is 1. The van der Waals surface area contributed by atoms with Crippen LogP contribution in [0.4, 0.5) is 5.69 Å². The average molecular weight is 368 g/mol. The number of carboxylic acids is 1. The molecule has 2 aromatic carbocycles. The van der Waals surface area contributed by atoms with Crippen molar-refractivity contribution in [3.8, 4) is 5.75 Å². The highest BCUT2D eigenvalue weighted by atomic mass is 16.4. The Hall–Kier alpha value is -2.82. The minimum absolute atomic E-state index is 0.200. The smallest absolute Gasteiger partial charge is 0.335 e. The summed E-state index contributed by atoms with van der Waals surface area (Å²) >= 11 is 0. The average Bonchev–Trinajstić information content (AvgIpc) is 2.54. The number of phenols is 1. The first-order valence-electron chi connectivity index (χ1n) is 8.90. The molecule has 5 nitrogen and oxygen atoms in total. The summed E-state index contributed by atoms with van der Waals surface area (Å²) in [5, 5.41) is 23.9. The van der Waals surface area contributed by atoms with Gasteiger partial charge in [-0.2, -0.15) is 5.10 Å². The van der Waals surface area contributed by atoms with Gasteiger partial charge in [0.25, 0.3) is 0 Å². The Morgan fingerprint density at radius 2 is 1.44 bits per heavy atom. The number of phenolic OH excluding ortho intramolecular Hbond substituents is 1. The maximum atomic E-state index is 10.9. The van der Waals surface area contributed by atoms with E-state index in [-0.39, 0.29) is 16.4 Å². The first-order chi connectivity index (χ1) is 12.4. The molecular weight excluding hydrogens is 340 g/mol. The Bertz CT molecular complexity index is 820. The molecule has 3 N–H and O–H groups in total. The lowest BCUT2D eigenvalue weighted by Crippen LogP contribution is -2.17. The summed E-state index contributed by atoms with van der Waals surface area (Å²) in [5.41, 5.74) is 6.07. The van der Waals surface area contributed by atoms with Gasteiger partial charge in [-0.15, -0.1) is 0 Å². The zero-order chi connectivity index (χ0) is 20.4. The molecule has 0 heterocycles. The number of nitrogens with one attached hydrogen (secondary N) is 1. The van der Waals surface area contributed by atoms with Crippen molar-refractivity contribution >= 4 is 17.9 Å². The second-order valence-electron chi connectivity index (χ2n) is 8.72. The van der Waals surface area contributed by atoms with Crippen molar-refractivity contribution in [3.63, 3.8) is 0 Å². The summed E-state index contributed by atoms with van der Waals surface area (Å²) in [6.07, 6.45) is 1.70. The number of hydrogen-bond donors (Lipinski definition) is 3. The Balaban J connectivity index is 2.32. The van der Waals surface area contributed by atoms with Gasteiger partial charge in [0.05, 0.1) is 17.5 Å². The summed E-state index contributed by atoms with van der Waals surface area (Å²) in [6, 6.07) is 10.3. The van der Waals surface area contributed by atoms with Crippen molar-refractivity contribution in [2.45, 2.75) is 52.4 Å². The quantitative estimate of drug-likeness (QED) is 0.516. The molecule has 0 fully saturated rings. The molecular formula is C22H28N2O3. The lowest BCUT2D eigenvalue weighted by Gasteiger charge is -2.27. The highest BCUT2D eigenvalue weighted by molar-refractivity contribution is 5.88. The summed E-state index contributed by atoms with van der Waals surface area (Å²) in [7, 11) is 0. The molecule has 0 radical (unpaired) electrons. The van der Waals surface area contributed by atoms with E-state index < -0.39 is 5.97 Å². The molecule has 0 bridgehead atoms. The van der Waals surface area contributed by atoms with Crippen LogP contribution in [0.25, 0.3) is 0 Å². The first kappa shape index (κ1) is 20.5. The van der Waals surface area contributed by atoms with Crippen LogP contribution >= 0.6 is 0 Å². The minimum Gasteiger partial charge on any atom is -0.507 e. The molecule has 144 valence electrons. The topological polar surface area (TPSA) is 81.9 Å². The van der Waals surface area contributed by atoms with E-state index in [9.17, 15) is 9.90 Å². The maximum Gasteiger partial charge on any atom is 0.335 e. The third-order valence-corrected chi connectivity index (χ3v) is 4.29. The molecule has 0 atom stereocenters. The molecule has 0 aliphatic heterocycles.